The van der Waals surface area contributed by atoms with Crippen LogP contribution in [0.1, 0.15) is 20.1 Å². The molecule has 5 heteroatoms. The Labute approximate surface area is 118 Å². The van der Waals surface area contributed by atoms with Crippen molar-refractivity contribution in [1.82, 2.24) is 5.32 Å². The molecule has 1 heterocycles. The average molecular weight is 325 g/mol. The van der Waals surface area contributed by atoms with Gasteiger partial charge >= 0.3 is 0 Å². The Morgan fingerprint density at radius 3 is 2.61 bits per heavy atom. The van der Waals surface area contributed by atoms with E-state index in [4.69, 9.17) is 5.73 Å². The van der Waals surface area contributed by atoms with Gasteiger partial charge < -0.3 is 11.1 Å². The predicted molar refractivity (Wildman–Crippen MR) is 78.8 cm³/mol. The highest BCUT2D eigenvalue weighted by atomic mass is 79.9. The molecule has 0 aliphatic heterocycles. The molecule has 2 aromatic rings. The third-order valence-electron chi connectivity index (χ3n) is 2.55. The van der Waals surface area contributed by atoms with E-state index in [0.717, 1.165) is 14.9 Å². The lowest BCUT2D eigenvalue weighted by atomic mass is 10.2. The van der Waals surface area contributed by atoms with Gasteiger partial charge in [0.1, 0.15) is 0 Å². The van der Waals surface area contributed by atoms with Crippen molar-refractivity contribution in [3.05, 3.63) is 50.1 Å². The highest BCUT2D eigenvalue weighted by Gasteiger charge is 2.10. The highest BCUT2D eigenvalue weighted by Crippen LogP contribution is 2.23. The number of thiophene rings is 1. The number of nitrogens with one attached hydrogen (secondary N) is 1. The van der Waals surface area contributed by atoms with Gasteiger partial charge in [-0.2, -0.15) is 0 Å². The Kier molecular flexibility index (Phi) is 4.04. The summed E-state index contributed by atoms with van der Waals surface area (Å²) >= 11 is 4.79. The summed E-state index contributed by atoms with van der Waals surface area (Å²) in [5.74, 6) is -0.0808. The summed E-state index contributed by atoms with van der Waals surface area (Å²) in [7, 11) is 0. The lowest BCUT2D eigenvalue weighted by Crippen LogP contribution is -2.21. The molecule has 0 unspecified atom stereocenters. The van der Waals surface area contributed by atoms with Gasteiger partial charge in [-0.1, -0.05) is 28.1 Å². The Bertz CT molecular complexity index is 543. The number of amides is 1. The minimum Gasteiger partial charge on any atom is -0.398 e. The Hall–Kier alpha value is -1.33. The predicted octanol–water partition coefficient (Wildman–Crippen LogP) is 3.33. The van der Waals surface area contributed by atoms with Crippen LogP contribution in [0.2, 0.25) is 0 Å². The molecule has 1 amide bonds. The maximum atomic E-state index is 11.9. The molecule has 0 radical (unpaired) electrons. The van der Waals surface area contributed by atoms with Crippen LogP contribution in [0, 0.1) is 6.92 Å². The summed E-state index contributed by atoms with van der Waals surface area (Å²) in [6.45, 7) is 2.43. The van der Waals surface area contributed by atoms with Gasteiger partial charge in [-0.05, 0) is 30.7 Å². The van der Waals surface area contributed by atoms with Crippen molar-refractivity contribution in [3.8, 4) is 0 Å². The van der Waals surface area contributed by atoms with E-state index in [1.807, 2.05) is 31.2 Å². The molecule has 0 aliphatic rings. The molecule has 0 aliphatic carbocycles. The Balaban J connectivity index is 1.98. The molecule has 0 saturated carbocycles. The van der Waals surface area contributed by atoms with Crippen molar-refractivity contribution in [2.75, 3.05) is 5.73 Å². The first kappa shape index (κ1) is 13.1. The van der Waals surface area contributed by atoms with Crippen LogP contribution in [0.15, 0.2) is 34.8 Å². The number of benzene rings is 1. The number of nitrogens with two attached hydrogens (primary N) is 1. The number of aryl methyl sites for hydroxylation is 1. The minimum atomic E-state index is -0.0808. The molecule has 0 fully saturated rings. The third kappa shape index (κ3) is 3.11. The highest BCUT2D eigenvalue weighted by molar-refractivity contribution is 9.10. The van der Waals surface area contributed by atoms with Crippen LogP contribution in [-0.2, 0) is 6.54 Å². The van der Waals surface area contributed by atoms with Crippen LogP contribution in [-0.4, -0.2) is 5.91 Å². The summed E-state index contributed by atoms with van der Waals surface area (Å²) in [6.07, 6.45) is 0. The zero-order valence-corrected chi connectivity index (χ0v) is 12.3. The van der Waals surface area contributed by atoms with Crippen molar-refractivity contribution in [2.24, 2.45) is 0 Å². The second-order valence-corrected chi connectivity index (χ2v) is 6.10. The van der Waals surface area contributed by atoms with Gasteiger partial charge in [0.25, 0.3) is 5.91 Å². The fourth-order valence-corrected chi connectivity index (χ4v) is 2.60. The number of hydrogen-bond donors (Lipinski definition) is 2. The van der Waals surface area contributed by atoms with Crippen molar-refractivity contribution in [2.45, 2.75) is 13.5 Å². The molecule has 1 aromatic carbocycles. The molecule has 0 spiro atoms. The van der Waals surface area contributed by atoms with Gasteiger partial charge in [-0.25, -0.2) is 0 Å². The van der Waals surface area contributed by atoms with E-state index in [1.54, 1.807) is 6.07 Å². The number of rotatable bonds is 3. The number of halogens is 1. The van der Waals surface area contributed by atoms with Crippen LogP contribution in [0.25, 0.3) is 0 Å². The van der Waals surface area contributed by atoms with Crippen LogP contribution in [0.4, 0.5) is 5.69 Å². The molecule has 0 atom stereocenters. The van der Waals surface area contributed by atoms with E-state index in [-0.39, 0.29) is 5.91 Å². The number of nitrogen functional groups attached to an aromatic ring is 1. The van der Waals surface area contributed by atoms with Crippen molar-refractivity contribution < 1.29 is 4.79 Å². The monoisotopic (exact) mass is 324 g/mol. The van der Waals surface area contributed by atoms with E-state index in [0.29, 0.717) is 17.1 Å². The van der Waals surface area contributed by atoms with Crippen LogP contribution in [0.3, 0.4) is 0 Å². The molecule has 0 saturated heterocycles. The average Bonchev–Trinajstić information content (AvgIpc) is 2.69. The lowest BCUT2D eigenvalue weighted by Gasteiger charge is -2.03. The quantitative estimate of drug-likeness (QED) is 0.909. The fraction of sp³-hybridized carbons (Fsp3) is 0.154. The van der Waals surface area contributed by atoms with E-state index >= 15 is 0 Å². The van der Waals surface area contributed by atoms with Crippen LogP contribution in [0.5, 0.6) is 0 Å². The van der Waals surface area contributed by atoms with E-state index in [1.165, 1.54) is 11.3 Å². The standard InChI is InChI=1S/C13H13BrN2OS/c1-8-11(15)6-12(18-8)13(17)16-7-9-2-4-10(14)5-3-9/h2-6H,7,15H2,1H3,(H,16,17). The molecule has 0 bridgehead atoms. The van der Waals surface area contributed by atoms with Gasteiger partial charge in [-0.15, -0.1) is 11.3 Å². The zero-order valence-electron chi connectivity index (χ0n) is 9.87. The Morgan fingerprint density at radius 2 is 2.06 bits per heavy atom. The normalized spacial score (nSPS) is 10.3. The summed E-state index contributed by atoms with van der Waals surface area (Å²) in [5.41, 5.74) is 7.47. The van der Waals surface area contributed by atoms with Gasteiger partial charge in [0.15, 0.2) is 0 Å². The molecule has 1 aromatic heterocycles. The molecule has 2 rings (SSSR count). The topological polar surface area (TPSA) is 55.1 Å². The summed E-state index contributed by atoms with van der Waals surface area (Å²) in [4.78, 5) is 13.5. The SMILES string of the molecule is Cc1sc(C(=O)NCc2ccc(Br)cc2)cc1N. The number of hydrogen-bond acceptors (Lipinski definition) is 3. The maximum Gasteiger partial charge on any atom is 0.261 e. The summed E-state index contributed by atoms with van der Waals surface area (Å²) in [5, 5.41) is 2.88. The summed E-state index contributed by atoms with van der Waals surface area (Å²) in [6, 6.07) is 9.57. The molecular weight excluding hydrogens is 312 g/mol. The number of carbonyl (C=O) groups excluding carboxylic acids is 1. The molecule has 18 heavy (non-hydrogen) atoms. The summed E-state index contributed by atoms with van der Waals surface area (Å²) < 4.78 is 1.03. The first-order valence-corrected chi connectivity index (χ1v) is 7.06. The number of anilines is 1. The van der Waals surface area contributed by atoms with Gasteiger partial charge in [-0.3, -0.25) is 4.79 Å². The van der Waals surface area contributed by atoms with Gasteiger partial charge in [0, 0.05) is 21.6 Å². The van der Waals surface area contributed by atoms with Gasteiger partial charge in [0.05, 0.1) is 4.88 Å². The largest absolute Gasteiger partial charge is 0.398 e. The minimum absolute atomic E-state index is 0.0808. The van der Waals surface area contributed by atoms with E-state index in [9.17, 15) is 4.79 Å². The lowest BCUT2D eigenvalue weighted by molar-refractivity contribution is 0.0955. The van der Waals surface area contributed by atoms with Crippen molar-refractivity contribution in [3.63, 3.8) is 0 Å². The van der Waals surface area contributed by atoms with Crippen LogP contribution < -0.4 is 11.1 Å². The first-order valence-electron chi connectivity index (χ1n) is 5.45. The molecule has 3 nitrogen and oxygen atoms in total. The second kappa shape index (κ2) is 5.54. The first-order chi connectivity index (χ1) is 8.56. The van der Waals surface area contributed by atoms with E-state index in [2.05, 4.69) is 21.2 Å². The number of carbonyl (C=O) groups is 1. The van der Waals surface area contributed by atoms with Crippen molar-refractivity contribution in [1.29, 1.82) is 0 Å². The molecule has 94 valence electrons. The molecular formula is C13H13BrN2OS. The molecule has 3 N–H and O–H groups in total. The maximum absolute atomic E-state index is 11.9. The van der Waals surface area contributed by atoms with Crippen molar-refractivity contribution >= 4 is 38.9 Å². The third-order valence-corrected chi connectivity index (χ3v) is 4.14. The Morgan fingerprint density at radius 1 is 1.39 bits per heavy atom. The zero-order chi connectivity index (χ0) is 13.1. The van der Waals surface area contributed by atoms with Gasteiger partial charge in [0.2, 0.25) is 0 Å². The smallest absolute Gasteiger partial charge is 0.261 e. The second-order valence-electron chi connectivity index (χ2n) is 3.93. The van der Waals surface area contributed by atoms with E-state index < -0.39 is 0 Å². The fourth-order valence-electron chi connectivity index (χ4n) is 1.48. The van der Waals surface area contributed by atoms with Crippen LogP contribution >= 0.6 is 27.3 Å².